The lowest BCUT2D eigenvalue weighted by atomic mass is 10.3. The van der Waals surface area contributed by atoms with Crippen molar-refractivity contribution in [1.82, 2.24) is 4.98 Å². The number of hydrogen-bond donors (Lipinski definition) is 3. The quantitative estimate of drug-likeness (QED) is 0.802. The van der Waals surface area contributed by atoms with Gasteiger partial charge in [0, 0.05) is 4.88 Å². The van der Waals surface area contributed by atoms with Crippen LogP contribution < -0.4 is 16.8 Å². The van der Waals surface area contributed by atoms with Crippen molar-refractivity contribution in [3.05, 3.63) is 38.6 Å². The number of aromatic nitrogens is 1. The van der Waals surface area contributed by atoms with E-state index in [2.05, 4.69) is 26.2 Å². The summed E-state index contributed by atoms with van der Waals surface area (Å²) in [6.07, 6.45) is 0. The number of nitrogens with one attached hydrogen (secondary N) is 1. The van der Waals surface area contributed by atoms with Gasteiger partial charge in [-0.1, -0.05) is 0 Å². The average molecular weight is 327 g/mol. The van der Waals surface area contributed by atoms with Crippen LogP contribution in [0.4, 0.5) is 11.5 Å². The number of primary amides is 1. The minimum Gasteiger partial charge on any atom is -0.396 e. The maximum atomic E-state index is 11.0. The highest BCUT2D eigenvalue weighted by molar-refractivity contribution is 9.11. The van der Waals surface area contributed by atoms with Crippen LogP contribution in [0.1, 0.15) is 15.4 Å². The van der Waals surface area contributed by atoms with Crippen molar-refractivity contribution < 1.29 is 4.79 Å². The van der Waals surface area contributed by atoms with Gasteiger partial charge in [-0.25, -0.2) is 4.98 Å². The van der Waals surface area contributed by atoms with Crippen LogP contribution in [-0.2, 0) is 6.54 Å². The second-order valence-corrected chi connectivity index (χ2v) is 6.11. The normalized spacial score (nSPS) is 10.3. The molecule has 2 rings (SSSR count). The molecule has 1 amide bonds. The molecule has 94 valence electrons. The van der Waals surface area contributed by atoms with Gasteiger partial charge in [0.1, 0.15) is 11.5 Å². The van der Waals surface area contributed by atoms with Crippen LogP contribution in [0.3, 0.4) is 0 Å². The number of rotatable bonds is 4. The van der Waals surface area contributed by atoms with Crippen molar-refractivity contribution in [2.75, 3.05) is 11.1 Å². The van der Waals surface area contributed by atoms with Crippen molar-refractivity contribution in [2.24, 2.45) is 5.73 Å². The SMILES string of the molecule is NC(=O)c1ccc(N)c(NCc2ccc(Br)s2)n1. The van der Waals surface area contributed by atoms with E-state index in [0.29, 0.717) is 18.1 Å². The second-order valence-electron chi connectivity index (χ2n) is 3.56. The van der Waals surface area contributed by atoms with Gasteiger partial charge in [-0.05, 0) is 40.2 Å². The molecule has 2 aromatic heterocycles. The van der Waals surface area contributed by atoms with Crippen LogP contribution in [0.15, 0.2) is 28.1 Å². The average Bonchev–Trinajstić information content (AvgIpc) is 2.74. The molecule has 0 bridgehead atoms. The summed E-state index contributed by atoms with van der Waals surface area (Å²) in [4.78, 5) is 16.2. The van der Waals surface area contributed by atoms with Gasteiger partial charge in [0.15, 0.2) is 0 Å². The molecule has 0 aliphatic heterocycles. The minimum atomic E-state index is -0.572. The molecule has 0 unspecified atom stereocenters. The van der Waals surface area contributed by atoms with E-state index in [1.54, 1.807) is 17.4 Å². The van der Waals surface area contributed by atoms with Crippen LogP contribution >= 0.6 is 27.3 Å². The summed E-state index contributed by atoms with van der Waals surface area (Å²) >= 11 is 5.01. The van der Waals surface area contributed by atoms with Gasteiger partial charge in [-0.15, -0.1) is 11.3 Å². The molecular formula is C11H11BrN4OS. The maximum Gasteiger partial charge on any atom is 0.267 e. The molecule has 0 aliphatic rings. The summed E-state index contributed by atoms with van der Waals surface area (Å²) in [5.41, 5.74) is 11.6. The van der Waals surface area contributed by atoms with Gasteiger partial charge >= 0.3 is 0 Å². The van der Waals surface area contributed by atoms with E-state index < -0.39 is 5.91 Å². The molecule has 5 nitrogen and oxygen atoms in total. The van der Waals surface area contributed by atoms with E-state index in [0.717, 1.165) is 8.66 Å². The number of hydrogen-bond acceptors (Lipinski definition) is 5. The number of carbonyl (C=O) groups is 1. The minimum absolute atomic E-state index is 0.194. The summed E-state index contributed by atoms with van der Waals surface area (Å²) in [5.74, 6) is -0.104. The van der Waals surface area contributed by atoms with Crippen molar-refractivity contribution in [3.63, 3.8) is 0 Å². The van der Waals surface area contributed by atoms with Crippen molar-refractivity contribution in [3.8, 4) is 0 Å². The summed E-state index contributed by atoms with van der Waals surface area (Å²) < 4.78 is 1.06. The molecule has 0 saturated heterocycles. The molecule has 0 atom stereocenters. The highest BCUT2D eigenvalue weighted by atomic mass is 79.9. The smallest absolute Gasteiger partial charge is 0.267 e. The van der Waals surface area contributed by atoms with Crippen LogP contribution in [0.5, 0.6) is 0 Å². The Balaban J connectivity index is 2.13. The van der Waals surface area contributed by atoms with E-state index in [-0.39, 0.29) is 5.69 Å². The standard InChI is InChI=1S/C11H11BrN4OS/c12-9-4-1-6(18-9)5-15-11-7(13)2-3-8(16-11)10(14)17/h1-4H,5,13H2,(H2,14,17)(H,15,16). The van der Waals surface area contributed by atoms with Crippen molar-refractivity contribution in [1.29, 1.82) is 0 Å². The second kappa shape index (κ2) is 5.36. The number of nitrogens with zero attached hydrogens (tertiary/aromatic N) is 1. The monoisotopic (exact) mass is 326 g/mol. The zero-order chi connectivity index (χ0) is 13.1. The molecule has 18 heavy (non-hydrogen) atoms. The van der Waals surface area contributed by atoms with E-state index >= 15 is 0 Å². The van der Waals surface area contributed by atoms with Gasteiger partial charge in [0.25, 0.3) is 5.91 Å². The van der Waals surface area contributed by atoms with Gasteiger partial charge < -0.3 is 16.8 Å². The lowest BCUT2D eigenvalue weighted by molar-refractivity contribution is 0.0996. The summed E-state index contributed by atoms with van der Waals surface area (Å²) in [7, 11) is 0. The Morgan fingerprint density at radius 3 is 2.78 bits per heavy atom. The summed E-state index contributed by atoms with van der Waals surface area (Å²) in [5, 5.41) is 3.08. The fourth-order valence-corrected chi connectivity index (χ4v) is 2.79. The Bertz CT molecular complexity index is 584. The number of anilines is 2. The molecule has 0 saturated carbocycles. The Morgan fingerprint density at radius 2 is 2.17 bits per heavy atom. The van der Waals surface area contributed by atoms with E-state index in [9.17, 15) is 4.79 Å². The van der Waals surface area contributed by atoms with Crippen LogP contribution in [0.25, 0.3) is 0 Å². The van der Waals surface area contributed by atoms with Crippen LogP contribution in [-0.4, -0.2) is 10.9 Å². The molecule has 5 N–H and O–H groups in total. The number of pyridine rings is 1. The topological polar surface area (TPSA) is 94.0 Å². The molecule has 0 aliphatic carbocycles. The van der Waals surface area contributed by atoms with Crippen molar-refractivity contribution >= 4 is 44.7 Å². The fraction of sp³-hybridized carbons (Fsp3) is 0.0909. The molecule has 2 heterocycles. The number of halogens is 1. The third kappa shape index (κ3) is 2.99. The molecule has 2 aromatic rings. The lowest BCUT2D eigenvalue weighted by Gasteiger charge is -2.08. The fourth-order valence-electron chi connectivity index (χ4n) is 1.37. The summed E-state index contributed by atoms with van der Waals surface area (Å²) in [6.45, 7) is 0.593. The Hall–Kier alpha value is -1.60. The summed E-state index contributed by atoms with van der Waals surface area (Å²) in [6, 6.07) is 7.08. The van der Waals surface area contributed by atoms with E-state index in [1.807, 2.05) is 12.1 Å². The van der Waals surface area contributed by atoms with Gasteiger partial charge in [0.2, 0.25) is 0 Å². The number of amides is 1. The predicted molar refractivity (Wildman–Crippen MR) is 76.5 cm³/mol. The zero-order valence-electron chi connectivity index (χ0n) is 9.31. The molecule has 0 fully saturated rings. The van der Waals surface area contributed by atoms with Gasteiger partial charge in [0.05, 0.1) is 16.0 Å². The number of nitrogens with two attached hydrogens (primary N) is 2. The first-order valence-electron chi connectivity index (χ1n) is 5.10. The molecule has 0 aromatic carbocycles. The van der Waals surface area contributed by atoms with Gasteiger partial charge in [-0.3, -0.25) is 4.79 Å². The van der Waals surface area contributed by atoms with E-state index in [1.165, 1.54) is 6.07 Å². The highest BCUT2D eigenvalue weighted by Crippen LogP contribution is 2.23. The van der Waals surface area contributed by atoms with Crippen LogP contribution in [0, 0.1) is 0 Å². The van der Waals surface area contributed by atoms with E-state index in [4.69, 9.17) is 11.5 Å². The third-order valence-electron chi connectivity index (χ3n) is 2.24. The predicted octanol–water partition coefficient (Wildman–Crippen LogP) is 2.20. The molecule has 7 heteroatoms. The highest BCUT2D eigenvalue weighted by Gasteiger charge is 2.07. The largest absolute Gasteiger partial charge is 0.396 e. The lowest BCUT2D eigenvalue weighted by Crippen LogP contribution is -2.15. The Kier molecular flexibility index (Phi) is 3.83. The Morgan fingerprint density at radius 1 is 1.39 bits per heavy atom. The molecule has 0 spiro atoms. The molecular weight excluding hydrogens is 316 g/mol. The third-order valence-corrected chi connectivity index (χ3v) is 3.86. The first-order chi connectivity index (χ1) is 8.56. The number of carbonyl (C=O) groups excluding carboxylic acids is 1. The number of thiophene rings is 1. The maximum absolute atomic E-state index is 11.0. The first kappa shape index (κ1) is 12.8. The molecule has 0 radical (unpaired) electrons. The van der Waals surface area contributed by atoms with Crippen LogP contribution in [0.2, 0.25) is 0 Å². The number of nitrogen functional groups attached to an aromatic ring is 1. The van der Waals surface area contributed by atoms with Gasteiger partial charge in [-0.2, -0.15) is 0 Å². The Labute approximate surface area is 116 Å². The first-order valence-corrected chi connectivity index (χ1v) is 6.71. The van der Waals surface area contributed by atoms with Crippen molar-refractivity contribution in [2.45, 2.75) is 6.54 Å². The zero-order valence-corrected chi connectivity index (χ0v) is 11.7.